The highest BCUT2D eigenvalue weighted by Gasteiger charge is 2.11. The zero-order valence-corrected chi connectivity index (χ0v) is 16.2. The van der Waals surface area contributed by atoms with Crippen molar-refractivity contribution in [1.29, 1.82) is 0 Å². The molecule has 1 aromatic carbocycles. The van der Waals surface area contributed by atoms with Crippen molar-refractivity contribution in [2.75, 3.05) is 13.7 Å². The van der Waals surface area contributed by atoms with Crippen LogP contribution in [0.15, 0.2) is 48.0 Å². The number of aromatic nitrogens is 3. The lowest BCUT2D eigenvalue weighted by Crippen LogP contribution is -2.28. The number of hydrogen-bond donors (Lipinski definition) is 2. The van der Waals surface area contributed by atoms with Crippen LogP contribution in [0.25, 0.3) is 0 Å². The van der Waals surface area contributed by atoms with Crippen molar-refractivity contribution in [1.82, 2.24) is 25.6 Å². The van der Waals surface area contributed by atoms with Gasteiger partial charge in [0.15, 0.2) is 5.69 Å². The first-order chi connectivity index (χ1) is 13.7. The van der Waals surface area contributed by atoms with Gasteiger partial charge in [0, 0.05) is 17.0 Å². The van der Waals surface area contributed by atoms with Crippen LogP contribution in [-0.4, -0.2) is 40.5 Å². The fourth-order valence-corrected chi connectivity index (χ4v) is 3.22. The molecule has 0 bridgehead atoms. The number of nitrogens with one attached hydrogen (secondary N) is 2. The Labute approximate surface area is 166 Å². The first kappa shape index (κ1) is 19.6. The highest BCUT2D eigenvalue weighted by Crippen LogP contribution is 2.17. The minimum absolute atomic E-state index is 0.112. The zero-order valence-electron chi connectivity index (χ0n) is 15.4. The molecule has 28 heavy (non-hydrogen) atoms. The second-order valence-electron chi connectivity index (χ2n) is 5.97. The summed E-state index contributed by atoms with van der Waals surface area (Å²) in [6, 6.07) is 11.3. The van der Waals surface area contributed by atoms with Crippen molar-refractivity contribution in [3.05, 3.63) is 64.1 Å². The van der Waals surface area contributed by atoms with E-state index in [1.807, 2.05) is 41.8 Å². The standard InChI is InChI=1S/C19H21N5O3S/c1-27-17-7-3-2-5-14(17)11-18(25)20-8-9-24-13-16(22-23-24)19(26)21-12-15-6-4-10-28-15/h2-7,10,13H,8-9,11-12H2,1H3,(H,20,25)(H,21,26). The minimum atomic E-state index is -0.278. The van der Waals surface area contributed by atoms with E-state index in [4.69, 9.17) is 4.74 Å². The van der Waals surface area contributed by atoms with Gasteiger partial charge in [0.1, 0.15) is 5.75 Å². The normalized spacial score (nSPS) is 10.5. The highest BCUT2D eigenvalue weighted by atomic mass is 32.1. The summed E-state index contributed by atoms with van der Waals surface area (Å²) in [7, 11) is 1.58. The monoisotopic (exact) mass is 399 g/mol. The number of amides is 2. The second kappa shape index (κ2) is 9.65. The summed E-state index contributed by atoms with van der Waals surface area (Å²) in [6.07, 6.45) is 1.80. The summed E-state index contributed by atoms with van der Waals surface area (Å²) >= 11 is 1.58. The number of benzene rings is 1. The van der Waals surface area contributed by atoms with Crippen molar-refractivity contribution >= 4 is 23.2 Å². The number of thiophene rings is 1. The Kier molecular flexibility index (Phi) is 6.74. The van der Waals surface area contributed by atoms with E-state index in [2.05, 4.69) is 20.9 Å². The molecule has 0 aliphatic heterocycles. The van der Waals surface area contributed by atoms with Crippen LogP contribution >= 0.6 is 11.3 Å². The van der Waals surface area contributed by atoms with E-state index in [-0.39, 0.29) is 23.9 Å². The molecule has 0 aliphatic rings. The lowest BCUT2D eigenvalue weighted by molar-refractivity contribution is -0.120. The molecule has 0 unspecified atom stereocenters. The van der Waals surface area contributed by atoms with E-state index in [1.165, 1.54) is 4.68 Å². The molecule has 0 radical (unpaired) electrons. The summed E-state index contributed by atoms with van der Waals surface area (Å²) in [6.45, 7) is 1.26. The number of ether oxygens (including phenoxy) is 1. The molecule has 3 aromatic rings. The van der Waals surface area contributed by atoms with Crippen LogP contribution < -0.4 is 15.4 Å². The number of para-hydroxylation sites is 1. The molecule has 0 spiro atoms. The van der Waals surface area contributed by atoms with E-state index in [0.29, 0.717) is 25.4 Å². The predicted octanol–water partition coefficient (Wildman–Crippen LogP) is 1.64. The first-order valence-electron chi connectivity index (χ1n) is 8.75. The molecule has 0 aliphatic carbocycles. The fourth-order valence-electron chi connectivity index (χ4n) is 2.58. The lowest BCUT2D eigenvalue weighted by Gasteiger charge is -2.08. The number of rotatable bonds is 9. The van der Waals surface area contributed by atoms with Crippen molar-refractivity contribution in [2.45, 2.75) is 19.5 Å². The average molecular weight is 399 g/mol. The molecule has 9 heteroatoms. The number of nitrogens with zero attached hydrogens (tertiary/aromatic N) is 3. The van der Waals surface area contributed by atoms with E-state index >= 15 is 0 Å². The highest BCUT2D eigenvalue weighted by molar-refractivity contribution is 7.09. The Morgan fingerprint density at radius 3 is 2.82 bits per heavy atom. The van der Waals surface area contributed by atoms with Crippen LogP contribution in [0.3, 0.4) is 0 Å². The van der Waals surface area contributed by atoms with Crippen LogP contribution in [0, 0.1) is 0 Å². The van der Waals surface area contributed by atoms with Gasteiger partial charge < -0.3 is 15.4 Å². The van der Waals surface area contributed by atoms with Crippen LogP contribution in [-0.2, 0) is 24.3 Å². The third-order valence-electron chi connectivity index (χ3n) is 3.98. The van der Waals surface area contributed by atoms with E-state index in [1.54, 1.807) is 24.6 Å². The van der Waals surface area contributed by atoms with Crippen molar-refractivity contribution < 1.29 is 14.3 Å². The Bertz CT molecular complexity index is 923. The average Bonchev–Trinajstić information content (AvgIpc) is 3.38. The quantitative estimate of drug-likeness (QED) is 0.570. The smallest absolute Gasteiger partial charge is 0.273 e. The summed E-state index contributed by atoms with van der Waals surface area (Å²) in [5.41, 5.74) is 1.07. The molecule has 2 amide bonds. The number of carbonyl (C=O) groups excluding carboxylic acids is 2. The largest absolute Gasteiger partial charge is 0.496 e. The molecular formula is C19H21N5O3S. The maximum absolute atomic E-state index is 12.1. The minimum Gasteiger partial charge on any atom is -0.496 e. The molecule has 2 N–H and O–H groups in total. The predicted molar refractivity (Wildman–Crippen MR) is 105 cm³/mol. The Balaban J connectivity index is 1.42. The Morgan fingerprint density at radius 2 is 2.04 bits per heavy atom. The SMILES string of the molecule is COc1ccccc1CC(=O)NCCn1cc(C(=O)NCc2cccs2)nn1. The summed E-state index contributed by atoms with van der Waals surface area (Å²) in [5.74, 6) is 0.297. The molecule has 2 aromatic heterocycles. The maximum atomic E-state index is 12.1. The molecule has 8 nitrogen and oxygen atoms in total. The fraction of sp³-hybridized carbons (Fsp3) is 0.263. The van der Waals surface area contributed by atoms with Crippen LogP contribution in [0.5, 0.6) is 5.75 Å². The number of hydrogen-bond acceptors (Lipinski definition) is 6. The summed E-state index contributed by atoms with van der Waals surface area (Å²) in [5, 5.41) is 15.4. The molecule has 0 fully saturated rings. The topological polar surface area (TPSA) is 98.1 Å². The van der Waals surface area contributed by atoms with Gasteiger partial charge in [-0.3, -0.25) is 9.59 Å². The van der Waals surface area contributed by atoms with Gasteiger partial charge in [0.2, 0.25) is 5.91 Å². The van der Waals surface area contributed by atoms with Gasteiger partial charge in [-0.2, -0.15) is 0 Å². The van der Waals surface area contributed by atoms with Gasteiger partial charge in [-0.05, 0) is 17.5 Å². The van der Waals surface area contributed by atoms with Gasteiger partial charge in [-0.15, -0.1) is 16.4 Å². The van der Waals surface area contributed by atoms with Crippen molar-refractivity contribution in [2.24, 2.45) is 0 Å². The van der Waals surface area contributed by atoms with Crippen molar-refractivity contribution in [3.63, 3.8) is 0 Å². The Hall–Kier alpha value is -3.20. The van der Waals surface area contributed by atoms with Crippen LogP contribution in [0.4, 0.5) is 0 Å². The van der Waals surface area contributed by atoms with E-state index in [0.717, 1.165) is 10.4 Å². The maximum Gasteiger partial charge on any atom is 0.273 e. The molecule has 0 saturated heterocycles. The first-order valence-corrected chi connectivity index (χ1v) is 9.63. The molecular weight excluding hydrogens is 378 g/mol. The van der Waals surface area contributed by atoms with Gasteiger partial charge >= 0.3 is 0 Å². The van der Waals surface area contributed by atoms with E-state index in [9.17, 15) is 9.59 Å². The molecule has 146 valence electrons. The summed E-state index contributed by atoms with van der Waals surface area (Å²) in [4.78, 5) is 25.3. The van der Waals surface area contributed by atoms with Gasteiger partial charge in [0.05, 0.1) is 32.8 Å². The summed E-state index contributed by atoms with van der Waals surface area (Å²) < 4.78 is 6.78. The Morgan fingerprint density at radius 1 is 1.18 bits per heavy atom. The second-order valence-corrected chi connectivity index (χ2v) is 7.00. The zero-order chi connectivity index (χ0) is 19.8. The number of methoxy groups -OCH3 is 1. The third kappa shape index (κ3) is 5.40. The van der Waals surface area contributed by atoms with Crippen LogP contribution in [0.1, 0.15) is 20.9 Å². The molecule has 3 rings (SSSR count). The lowest BCUT2D eigenvalue weighted by atomic mass is 10.1. The number of carbonyl (C=O) groups is 2. The molecule has 0 atom stereocenters. The van der Waals surface area contributed by atoms with Gasteiger partial charge in [0.25, 0.3) is 5.91 Å². The van der Waals surface area contributed by atoms with Crippen molar-refractivity contribution in [3.8, 4) is 5.75 Å². The van der Waals surface area contributed by atoms with Crippen LogP contribution in [0.2, 0.25) is 0 Å². The third-order valence-corrected chi connectivity index (χ3v) is 4.86. The van der Waals surface area contributed by atoms with Gasteiger partial charge in [-0.25, -0.2) is 4.68 Å². The molecule has 2 heterocycles. The van der Waals surface area contributed by atoms with E-state index < -0.39 is 0 Å². The molecule has 0 saturated carbocycles. The van der Waals surface area contributed by atoms with Gasteiger partial charge in [-0.1, -0.05) is 29.5 Å².